The van der Waals surface area contributed by atoms with E-state index in [1.54, 1.807) is 6.07 Å². The summed E-state index contributed by atoms with van der Waals surface area (Å²) in [5.74, 6) is 0.134. The highest BCUT2D eigenvalue weighted by atomic mass is 19.1. The number of hydrogen-bond acceptors (Lipinski definition) is 4. The molecule has 3 aromatic rings. The van der Waals surface area contributed by atoms with Crippen molar-refractivity contribution in [3.8, 4) is 5.69 Å². The molecule has 0 aliphatic carbocycles. The van der Waals surface area contributed by atoms with Crippen LogP contribution < -0.4 is 15.8 Å². The van der Waals surface area contributed by atoms with Gasteiger partial charge in [0.25, 0.3) is 5.56 Å². The molecule has 0 bridgehead atoms. The normalized spacial score (nSPS) is 16.2. The minimum absolute atomic E-state index is 0.0276. The highest BCUT2D eigenvalue weighted by Crippen LogP contribution is 2.22. The summed E-state index contributed by atoms with van der Waals surface area (Å²) in [6.07, 6.45) is 1.67. The molecule has 160 valence electrons. The van der Waals surface area contributed by atoms with Crippen LogP contribution in [-0.4, -0.2) is 28.8 Å². The average molecular weight is 420 g/mol. The fraction of sp³-hybridized carbons (Fsp3) is 0.292. The quantitative estimate of drug-likeness (QED) is 0.688. The smallest absolute Gasteiger partial charge is 0.271 e. The Morgan fingerprint density at radius 3 is 2.68 bits per heavy atom. The number of amides is 1. The van der Waals surface area contributed by atoms with Gasteiger partial charge in [0.1, 0.15) is 11.6 Å². The van der Waals surface area contributed by atoms with Gasteiger partial charge in [0.2, 0.25) is 5.91 Å². The topological polar surface area (TPSA) is 67.2 Å². The fourth-order valence-electron chi connectivity index (χ4n) is 3.87. The van der Waals surface area contributed by atoms with Crippen molar-refractivity contribution in [3.05, 3.63) is 88.0 Å². The number of aromatic nitrogens is 2. The van der Waals surface area contributed by atoms with E-state index in [9.17, 15) is 14.0 Å². The first-order valence-corrected chi connectivity index (χ1v) is 10.4. The van der Waals surface area contributed by atoms with Gasteiger partial charge in [-0.1, -0.05) is 24.3 Å². The summed E-state index contributed by atoms with van der Waals surface area (Å²) in [5, 5.41) is 7.53. The Kier molecular flexibility index (Phi) is 6.11. The zero-order chi connectivity index (χ0) is 21.8. The third kappa shape index (κ3) is 4.82. The Hall–Kier alpha value is -3.48. The highest BCUT2D eigenvalue weighted by molar-refractivity contribution is 5.79. The SMILES string of the molecule is Cc1ccccc1CNC(=O)[C@H]1CCCN(c2ccc(=O)n(-c3ccc(F)cc3)n2)C1. The molecule has 0 spiro atoms. The number of benzene rings is 2. The number of anilines is 1. The monoisotopic (exact) mass is 420 g/mol. The van der Waals surface area contributed by atoms with Gasteiger partial charge in [-0.25, -0.2) is 4.39 Å². The summed E-state index contributed by atoms with van der Waals surface area (Å²) < 4.78 is 14.5. The largest absolute Gasteiger partial charge is 0.354 e. The van der Waals surface area contributed by atoms with Crippen molar-refractivity contribution in [2.45, 2.75) is 26.3 Å². The average Bonchev–Trinajstić information content (AvgIpc) is 2.79. The molecule has 0 radical (unpaired) electrons. The van der Waals surface area contributed by atoms with E-state index in [-0.39, 0.29) is 23.2 Å². The molecule has 7 heteroatoms. The number of aryl methyl sites for hydroxylation is 1. The van der Waals surface area contributed by atoms with Gasteiger partial charge < -0.3 is 10.2 Å². The summed E-state index contributed by atoms with van der Waals surface area (Å²) in [4.78, 5) is 27.1. The van der Waals surface area contributed by atoms with Gasteiger partial charge in [-0.05, 0) is 61.2 Å². The number of carbonyl (C=O) groups excluding carboxylic acids is 1. The van der Waals surface area contributed by atoms with Crippen molar-refractivity contribution in [2.75, 3.05) is 18.0 Å². The number of carbonyl (C=O) groups is 1. The zero-order valence-corrected chi connectivity index (χ0v) is 17.4. The van der Waals surface area contributed by atoms with E-state index in [0.717, 1.165) is 30.5 Å². The Morgan fingerprint density at radius 1 is 1.13 bits per heavy atom. The number of rotatable bonds is 5. The first-order chi connectivity index (χ1) is 15.0. The van der Waals surface area contributed by atoms with Crippen LogP contribution in [0, 0.1) is 18.7 Å². The Morgan fingerprint density at radius 2 is 1.90 bits per heavy atom. The molecule has 1 saturated heterocycles. The Labute approximate surface area is 180 Å². The summed E-state index contributed by atoms with van der Waals surface area (Å²) in [6.45, 7) is 3.84. The third-order valence-electron chi connectivity index (χ3n) is 5.69. The van der Waals surface area contributed by atoms with Crippen LogP contribution in [0.1, 0.15) is 24.0 Å². The number of nitrogens with one attached hydrogen (secondary N) is 1. The van der Waals surface area contributed by atoms with E-state index in [0.29, 0.717) is 24.6 Å². The maximum atomic E-state index is 13.2. The van der Waals surface area contributed by atoms with Gasteiger partial charge in [0.15, 0.2) is 0 Å². The van der Waals surface area contributed by atoms with E-state index in [2.05, 4.69) is 10.4 Å². The molecule has 4 rings (SSSR count). The fourth-order valence-corrected chi connectivity index (χ4v) is 3.87. The molecule has 1 aliphatic rings. The van der Waals surface area contributed by atoms with E-state index in [4.69, 9.17) is 0 Å². The molecule has 1 aliphatic heterocycles. The first kappa shape index (κ1) is 20.8. The molecule has 1 fully saturated rings. The maximum Gasteiger partial charge on any atom is 0.271 e. The second kappa shape index (κ2) is 9.12. The number of piperidine rings is 1. The second-order valence-electron chi connectivity index (χ2n) is 7.85. The summed E-state index contributed by atoms with van der Waals surface area (Å²) in [5.41, 5.74) is 2.47. The van der Waals surface area contributed by atoms with Crippen molar-refractivity contribution in [1.82, 2.24) is 15.1 Å². The zero-order valence-electron chi connectivity index (χ0n) is 17.4. The second-order valence-corrected chi connectivity index (χ2v) is 7.85. The molecule has 31 heavy (non-hydrogen) atoms. The number of nitrogens with zero attached hydrogens (tertiary/aromatic N) is 3. The molecule has 2 heterocycles. The van der Waals surface area contributed by atoms with Crippen LogP contribution >= 0.6 is 0 Å². The van der Waals surface area contributed by atoms with Crippen molar-refractivity contribution < 1.29 is 9.18 Å². The summed E-state index contributed by atoms with van der Waals surface area (Å²) in [7, 11) is 0. The number of halogens is 1. The van der Waals surface area contributed by atoms with Crippen LogP contribution in [0.4, 0.5) is 10.2 Å². The molecule has 1 atom stereocenters. The van der Waals surface area contributed by atoms with E-state index < -0.39 is 0 Å². The molecular weight excluding hydrogens is 395 g/mol. The van der Waals surface area contributed by atoms with Gasteiger partial charge >= 0.3 is 0 Å². The standard InChI is InChI=1S/C24H25FN4O2/c1-17-5-2-3-6-18(17)15-26-24(31)19-7-4-14-28(16-19)22-12-13-23(30)29(27-22)21-10-8-20(25)9-11-21/h2-3,5-6,8-13,19H,4,7,14-16H2,1H3,(H,26,31)/t19-/m0/s1. The summed E-state index contributed by atoms with van der Waals surface area (Å²) >= 11 is 0. The van der Waals surface area contributed by atoms with E-state index >= 15 is 0 Å². The Balaban J connectivity index is 1.46. The molecule has 1 amide bonds. The van der Waals surface area contributed by atoms with Crippen LogP contribution in [0.5, 0.6) is 0 Å². The van der Waals surface area contributed by atoms with Gasteiger partial charge in [-0.15, -0.1) is 5.10 Å². The minimum atomic E-state index is -0.372. The predicted octanol–water partition coefficient (Wildman–Crippen LogP) is 3.21. The number of hydrogen-bond donors (Lipinski definition) is 1. The molecule has 2 aromatic carbocycles. The van der Waals surface area contributed by atoms with Crippen molar-refractivity contribution in [2.24, 2.45) is 5.92 Å². The van der Waals surface area contributed by atoms with Gasteiger partial charge in [-0.2, -0.15) is 4.68 Å². The molecular formula is C24H25FN4O2. The van der Waals surface area contributed by atoms with Crippen LogP contribution in [0.2, 0.25) is 0 Å². The van der Waals surface area contributed by atoms with E-state index in [1.165, 1.54) is 35.0 Å². The van der Waals surface area contributed by atoms with E-state index in [1.807, 2.05) is 36.1 Å². The van der Waals surface area contributed by atoms with Crippen LogP contribution in [0.25, 0.3) is 5.69 Å². The van der Waals surface area contributed by atoms with Crippen molar-refractivity contribution in [1.29, 1.82) is 0 Å². The Bertz CT molecular complexity index is 1130. The molecule has 0 unspecified atom stereocenters. The van der Waals surface area contributed by atoms with Gasteiger partial charge in [0, 0.05) is 25.7 Å². The van der Waals surface area contributed by atoms with Crippen LogP contribution in [-0.2, 0) is 11.3 Å². The van der Waals surface area contributed by atoms with Crippen molar-refractivity contribution in [3.63, 3.8) is 0 Å². The van der Waals surface area contributed by atoms with Crippen molar-refractivity contribution >= 4 is 11.7 Å². The highest BCUT2D eigenvalue weighted by Gasteiger charge is 2.27. The molecule has 1 aromatic heterocycles. The van der Waals surface area contributed by atoms with Crippen LogP contribution in [0.3, 0.4) is 0 Å². The minimum Gasteiger partial charge on any atom is -0.354 e. The molecule has 1 N–H and O–H groups in total. The van der Waals surface area contributed by atoms with Crippen LogP contribution in [0.15, 0.2) is 65.5 Å². The van der Waals surface area contributed by atoms with Gasteiger partial charge in [0.05, 0.1) is 11.6 Å². The lowest BCUT2D eigenvalue weighted by Crippen LogP contribution is -2.43. The lowest BCUT2D eigenvalue weighted by molar-refractivity contribution is -0.125. The lowest BCUT2D eigenvalue weighted by Gasteiger charge is -2.33. The molecule has 0 saturated carbocycles. The summed E-state index contributed by atoms with van der Waals surface area (Å²) in [6, 6.07) is 16.8. The van der Waals surface area contributed by atoms with Gasteiger partial charge in [-0.3, -0.25) is 9.59 Å². The third-order valence-corrected chi connectivity index (χ3v) is 5.69. The lowest BCUT2D eigenvalue weighted by atomic mass is 9.97. The first-order valence-electron chi connectivity index (χ1n) is 10.4. The molecule has 6 nitrogen and oxygen atoms in total. The predicted molar refractivity (Wildman–Crippen MR) is 118 cm³/mol. The maximum absolute atomic E-state index is 13.2.